The highest BCUT2D eigenvalue weighted by Crippen LogP contribution is 2.32. The minimum absolute atomic E-state index is 0.373. The fraction of sp³-hybridized carbons (Fsp3) is 0.667. The maximum atomic E-state index is 10.7. The Balaban J connectivity index is 1.99. The van der Waals surface area contributed by atoms with Gasteiger partial charge in [0.25, 0.3) is 0 Å². The minimum Gasteiger partial charge on any atom is -0.481 e. The molecule has 1 aromatic heterocycles. The monoisotopic (exact) mass is 222 g/mol. The zero-order valence-electron chi connectivity index (χ0n) is 9.57. The fourth-order valence-electron chi connectivity index (χ4n) is 2.30. The summed E-state index contributed by atoms with van der Waals surface area (Å²) in [4.78, 5) is 18.3. The van der Waals surface area contributed by atoms with Crippen molar-refractivity contribution in [1.82, 2.24) is 9.97 Å². The van der Waals surface area contributed by atoms with Gasteiger partial charge in [0.2, 0.25) is 0 Å². The van der Waals surface area contributed by atoms with E-state index in [-0.39, 0.29) is 5.92 Å². The second-order valence-corrected chi connectivity index (χ2v) is 4.71. The van der Waals surface area contributed by atoms with Crippen LogP contribution in [0, 0.1) is 5.92 Å². The quantitative estimate of drug-likeness (QED) is 0.821. The largest absolute Gasteiger partial charge is 0.481 e. The first-order valence-corrected chi connectivity index (χ1v) is 5.93. The average molecular weight is 222 g/mol. The highest BCUT2D eigenvalue weighted by Gasteiger charge is 2.20. The Morgan fingerprint density at radius 2 is 2.31 bits per heavy atom. The zero-order chi connectivity index (χ0) is 11.5. The number of hydrogen-bond acceptors (Lipinski definition) is 2. The summed E-state index contributed by atoms with van der Waals surface area (Å²) in [6, 6.07) is 0. The number of aromatic amines is 1. The standard InChI is InChI=1S/C12H18N2O2/c1-8(12(15)16)6-11-13-7-10(14-11)9-4-2-3-5-9/h7-9H,2-6H2,1H3,(H,13,14)(H,15,16). The van der Waals surface area contributed by atoms with Crippen LogP contribution in [0.25, 0.3) is 0 Å². The van der Waals surface area contributed by atoms with Crippen LogP contribution < -0.4 is 0 Å². The lowest BCUT2D eigenvalue weighted by Gasteiger charge is -2.05. The number of hydrogen-bond donors (Lipinski definition) is 2. The molecule has 1 atom stereocenters. The van der Waals surface area contributed by atoms with Gasteiger partial charge in [-0.1, -0.05) is 19.8 Å². The predicted molar refractivity (Wildman–Crippen MR) is 60.3 cm³/mol. The van der Waals surface area contributed by atoms with Gasteiger partial charge >= 0.3 is 5.97 Å². The SMILES string of the molecule is CC(Cc1ncc(C2CCCC2)[nH]1)C(=O)O. The number of H-pyrrole nitrogens is 1. The highest BCUT2D eigenvalue weighted by molar-refractivity contribution is 5.69. The summed E-state index contributed by atoms with van der Waals surface area (Å²) in [6.45, 7) is 1.71. The summed E-state index contributed by atoms with van der Waals surface area (Å²) in [5.74, 6) is 0.277. The number of imidazole rings is 1. The first-order valence-electron chi connectivity index (χ1n) is 5.93. The van der Waals surface area contributed by atoms with E-state index in [2.05, 4.69) is 9.97 Å². The maximum absolute atomic E-state index is 10.7. The molecule has 2 rings (SSSR count). The molecule has 4 nitrogen and oxygen atoms in total. The van der Waals surface area contributed by atoms with Crippen LogP contribution in [-0.4, -0.2) is 21.0 Å². The first-order chi connectivity index (χ1) is 7.66. The molecule has 0 bridgehead atoms. The van der Waals surface area contributed by atoms with Gasteiger partial charge in [-0.3, -0.25) is 4.79 Å². The van der Waals surface area contributed by atoms with E-state index < -0.39 is 5.97 Å². The Morgan fingerprint density at radius 1 is 1.62 bits per heavy atom. The molecule has 0 aliphatic heterocycles. The van der Waals surface area contributed by atoms with Gasteiger partial charge in [-0.2, -0.15) is 0 Å². The summed E-state index contributed by atoms with van der Waals surface area (Å²) in [5, 5.41) is 8.82. The molecule has 1 saturated carbocycles. The lowest BCUT2D eigenvalue weighted by molar-refractivity contribution is -0.141. The lowest BCUT2D eigenvalue weighted by atomic mass is 10.1. The smallest absolute Gasteiger partial charge is 0.306 e. The Morgan fingerprint density at radius 3 is 2.94 bits per heavy atom. The van der Waals surface area contributed by atoms with Gasteiger partial charge in [-0.25, -0.2) is 4.98 Å². The van der Waals surface area contributed by atoms with Crippen molar-refractivity contribution in [1.29, 1.82) is 0 Å². The average Bonchev–Trinajstić information content (AvgIpc) is 2.85. The molecule has 0 amide bonds. The number of aliphatic carboxylic acids is 1. The van der Waals surface area contributed by atoms with E-state index in [9.17, 15) is 4.79 Å². The third-order valence-electron chi connectivity index (χ3n) is 3.36. The van der Waals surface area contributed by atoms with Gasteiger partial charge in [0, 0.05) is 24.2 Å². The third-order valence-corrected chi connectivity index (χ3v) is 3.36. The van der Waals surface area contributed by atoms with Gasteiger partial charge in [0.15, 0.2) is 0 Å². The first kappa shape index (κ1) is 11.2. The predicted octanol–water partition coefficient (Wildman–Crippen LogP) is 2.33. The van der Waals surface area contributed by atoms with Gasteiger partial charge in [-0.15, -0.1) is 0 Å². The van der Waals surface area contributed by atoms with Crippen LogP contribution in [0.5, 0.6) is 0 Å². The van der Waals surface area contributed by atoms with Crippen molar-refractivity contribution in [3.05, 3.63) is 17.7 Å². The van der Waals surface area contributed by atoms with Crippen LogP contribution in [0.4, 0.5) is 0 Å². The Bertz CT molecular complexity index is 367. The molecule has 2 N–H and O–H groups in total. The van der Waals surface area contributed by atoms with Gasteiger partial charge in [0.05, 0.1) is 5.92 Å². The molecule has 1 heterocycles. The summed E-state index contributed by atoms with van der Waals surface area (Å²) < 4.78 is 0. The van der Waals surface area contributed by atoms with Crippen LogP contribution in [0.15, 0.2) is 6.20 Å². The van der Waals surface area contributed by atoms with E-state index in [1.54, 1.807) is 6.92 Å². The maximum Gasteiger partial charge on any atom is 0.306 e. The molecule has 88 valence electrons. The topological polar surface area (TPSA) is 66.0 Å². The van der Waals surface area contributed by atoms with Crippen LogP contribution >= 0.6 is 0 Å². The molecule has 1 fully saturated rings. The number of nitrogens with one attached hydrogen (secondary N) is 1. The van der Waals surface area contributed by atoms with E-state index in [1.807, 2.05) is 6.20 Å². The molecule has 1 aromatic rings. The molecular weight excluding hydrogens is 204 g/mol. The third kappa shape index (κ3) is 2.43. The van der Waals surface area contributed by atoms with Crippen molar-refractivity contribution in [3.63, 3.8) is 0 Å². The van der Waals surface area contributed by atoms with Crippen molar-refractivity contribution >= 4 is 5.97 Å². The zero-order valence-corrected chi connectivity index (χ0v) is 9.57. The summed E-state index contributed by atoms with van der Waals surface area (Å²) in [6.07, 6.45) is 7.42. The number of nitrogens with zero attached hydrogens (tertiary/aromatic N) is 1. The van der Waals surface area contributed by atoms with E-state index >= 15 is 0 Å². The normalized spacial score (nSPS) is 18.8. The van der Waals surface area contributed by atoms with E-state index in [0.29, 0.717) is 12.3 Å². The van der Waals surface area contributed by atoms with Crippen LogP contribution in [0.1, 0.15) is 50.0 Å². The molecular formula is C12H18N2O2. The summed E-state index contributed by atoms with van der Waals surface area (Å²) in [5.41, 5.74) is 1.19. The number of aromatic nitrogens is 2. The van der Waals surface area contributed by atoms with Gasteiger partial charge in [-0.05, 0) is 12.8 Å². The molecule has 0 spiro atoms. The van der Waals surface area contributed by atoms with Crippen molar-refractivity contribution in [2.45, 2.75) is 44.9 Å². The molecule has 1 aliphatic rings. The number of carboxylic acids is 1. The van der Waals surface area contributed by atoms with E-state index in [1.165, 1.54) is 31.4 Å². The molecule has 1 aliphatic carbocycles. The second kappa shape index (κ2) is 4.68. The van der Waals surface area contributed by atoms with Crippen LogP contribution in [-0.2, 0) is 11.2 Å². The van der Waals surface area contributed by atoms with Crippen molar-refractivity contribution in [3.8, 4) is 0 Å². The number of carbonyl (C=O) groups is 1. The van der Waals surface area contributed by atoms with Crippen LogP contribution in [0.2, 0.25) is 0 Å². The van der Waals surface area contributed by atoms with Crippen molar-refractivity contribution < 1.29 is 9.90 Å². The summed E-state index contributed by atoms with van der Waals surface area (Å²) in [7, 11) is 0. The van der Waals surface area contributed by atoms with Gasteiger partial charge in [0.1, 0.15) is 5.82 Å². The Hall–Kier alpha value is -1.32. The molecule has 0 saturated heterocycles. The fourth-order valence-corrected chi connectivity index (χ4v) is 2.30. The molecule has 0 radical (unpaired) electrons. The number of rotatable bonds is 4. The van der Waals surface area contributed by atoms with E-state index in [4.69, 9.17) is 5.11 Å². The Kier molecular flexibility index (Phi) is 3.27. The Labute approximate surface area is 95.1 Å². The number of carboxylic acid groups (broad SMARTS) is 1. The highest BCUT2D eigenvalue weighted by atomic mass is 16.4. The molecule has 1 unspecified atom stereocenters. The van der Waals surface area contributed by atoms with Crippen molar-refractivity contribution in [2.24, 2.45) is 5.92 Å². The van der Waals surface area contributed by atoms with Crippen molar-refractivity contribution in [2.75, 3.05) is 0 Å². The van der Waals surface area contributed by atoms with Gasteiger partial charge < -0.3 is 10.1 Å². The van der Waals surface area contributed by atoms with E-state index in [0.717, 1.165) is 5.82 Å². The minimum atomic E-state index is -0.765. The molecule has 0 aromatic carbocycles. The lowest BCUT2D eigenvalue weighted by Crippen LogP contribution is -2.13. The summed E-state index contributed by atoms with van der Waals surface area (Å²) >= 11 is 0. The molecule has 16 heavy (non-hydrogen) atoms. The van der Waals surface area contributed by atoms with Crippen LogP contribution in [0.3, 0.4) is 0 Å². The second-order valence-electron chi connectivity index (χ2n) is 4.71. The molecule has 4 heteroatoms.